The Bertz CT molecular complexity index is 819. The van der Waals surface area contributed by atoms with E-state index in [1.165, 1.54) is 5.56 Å². The molecule has 1 aromatic carbocycles. The van der Waals surface area contributed by atoms with Crippen molar-refractivity contribution in [2.75, 3.05) is 13.1 Å². The minimum Gasteiger partial charge on any atom is -0.481 e. The number of likely N-dealkylation sites (tertiary alicyclic amines) is 1. The lowest BCUT2D eigenvalue weighted by atomic mass is 9.81. The topological polar surface area (TPSA) is 70.5 Å². The summed E-state index contributed by atoms with van der Waals surface area (Å²) < 4.78 is 0. The number of nitrogens with zero attached hydrogens (tertiary/aromatic N) is 2. The smallest absolute Gasteiger partial charge is 0.311 e. The molecule has 1 aliphatic heterocycles. The van der Waals surface area contributed by atoms with E-state index in [4.69, 9.17) is 0 Å². The molecule has 1 saturated heterocycles. The minimum absolute atomic E-state index is 0.00316. The largest absolute Gasteiger partial charge is 0.481 e. The van der Waals surface area contributed by atoms with Gasteiger partial charge in [-0.15, -0.1) is 11.3 Å². The fourth-order valence-corrected chi connectivity index (χ4v) is 5.21. The maximum atomic E-state index is 12.7. The number of carbonyl (C=O) groups is 2. The molecule has 1 N–H and O–H groups in total. The second-order valence-electron chi connectivity index (χ2n) is 7.40. The van der Waals surface area contributed by atoms with Crippen LogP contribution in [0.4, 0.5) is 0 Å². The van der Waals surface area contributed by atoms with Gasteiger partial charge < -0.3 is 10.0 Å². The van der Waals surface area contributed by atoms with Crippen LogP contribution < -0.4 is 0 Å². The first-order valence-corrected chi connectivity index (χ1v) is 9.93. The minimum atomic E-state index is -0.742. The monoisotopic (exact) mass is 370 g/mol. The van der Waals surface area contributed by atoms with Gasteiger partial charge in [0.05, 0.1) is 22.5 Å². The van der Waals surface area contributed by atoms with Gasteiger partial charge in [-0.05, 0) is 24.3 Å². The van der Waals surface area contributed by atoms with E-state index in [1.54, 1.807) is 16.2 Å². The number of benzene rings is 1. The first kappa shape index (κ1) is 17.2. The van der Waals surface area contributed by atoms with E-state index in [-0.39, 0.29) is 18.2 Å². The molecule has 2 heterocycles. The molecule has 2 aliphatic rings. The summed E-state index contributed by atoms with van der Waals surface area (Å²) in [6.07, 6.45) is 3.58. The molecule has 5 nitrogen and oxygen atoms in total. The quantitative estimate of drug-likeness (QED) is 0.878. The molecule has 0 radical (unpaired) electrons. The van der Waals surface area contributed by atoms with Crippen LogP contribution in [0.2, 0.25) is 0 Å². The number of aliphatic carboxylic acids is 1. The van der Waals surface area contributed by atoms with Gasteiger partial charge in [-0.3, -0.25) is 9.59 Å². The van der Waals surface area contributed by atoms with Crippen molar-refractivity contribution in [1.29, 1.82) is 0 Å². The van der Waals surface area contributed by atoms with Crippen molar-refractivity contribution in [1.82, 2.24) is 9.88 Å². The molecule has 1 aromatic heterocycles. The van der Waals surface area contributed by atoms with Gasteiger partial charge in [0.2, 0.25) is 5.91 Å². The van der Waals surface area contributed by atoms with Gasteiger partial charge in [-0.2, -0.15) is 0 Å². The zero-order chi connectivity index (χ0) is 18.1. The summed E-state index contributed by atoms with van der Waals surface area (Å²) in [5, 5.41) is 12.6. The van der Waals surface area contributed by atoms with E-state index in [2.05, 4.69) is 17.1 Å². The second-order valence-corrected chi connectivity index (χ2v) is 8.34. The summed E-state index contributed by atoms with van der Waals surface area (Å²) in [6.45, 7) is 0.930. The van der Waals surface area contributed by atoms with Crippen molar-refractivity contribution in [2.24, 2.45) is 11.3 Å². The highest BCUT2D eigenvalue weighted by atomic mass is 32.1. The van der Waals surface area contributed by atoms with Gasteiger partial charge in [-0.25, -0.2) is 4.98 Å². The highest BCUT2D eigenvalue weighted by Crippen LogP contribution is 2.48. The third kappa shape index (κ3) is 3.14. The summed E-state index contributed by atoms with van der Waals surface area (Å²) in [4.78, 5) is 30.8. The zero-order valence-corrected chi connectivity index (χ0v) is 15.4. The van der Waals surface area contributed by atoms with Crippen molar-refractivity contribution < 1.29 is 14.7 Å². The number of thiazole rings is 1. The Morgan fingerprint density at radius 3 is 2.85 bits per heavy atom. The summed E-state index contributed by atoms with van der Waals surface area (Å²) in [7, 11) is 0. The van der Waals surface area contributed by atoms with Crippen LogP contribution in [0.3, 0.4) is 0 Å². The molecular weight excluding hydrogens is 348 g/mol. The normalized spacial score (nSPS) is 24.6. The molecule has 0 unspecified atom stereocenters. The van der Waals surface area contributed by atoms with Gasteiger partial charge in [0, 0.05) is 24.9 Å². The maximum absolute atomic E-state index is 12.7. The van der Waals surface area contributed by atoms with Crippen molar-refractivity contribution in [3.8, 4) is 0 Å². The molecule has 2 fully saturated rings. The van der Waals surface area contributed by atoms with Gasteiger partial charge in [0.25, 0.3) is 0 Å². The zero-order valence-electron chi connectivity index (χ0n) is 14.6. The molecule has 1 amide bonds. The fraction of sp³-hybridized carbons (Fsp3) is 0.450. The van der Waals surface area contributed by atoms with Gasteiger partial charge in [0.15, 0.2) is 0 Å². The standard InChI is InChI=1S/C20H22N2O3S/c23-18(22-11-15-7-4-8-20(15,13-22)19(24)25)10-16-12-26-17(21-16)9-14-5-2-1-3-6-14/h1-3,5-6,12,15H,4,7-11,13H2,(H,24,25)/t15-,20+/m0/s1. The molecule has 6 heteroatoms. The number of rotatable bonds is 5. The third-order valence-corrected chi connectivity index (χ3v) is 6.68. The molecule has 2 atom stereocenters. The molecule has 136 valence electrons. The Morgan fingerprint density at radius 2 is 2.12 bits per heavy atom. The van der Waals surface area contributed by atoms with Crippen molar-refractivity contribution in [3.63, 3.8) is 0 Å². The Hall–Kier alpha value is -2.21. The van der Waals surface area contributed by atoms with Gasteiger partial charge in [-0.1, -0.05) is 36.8 Å². The lowest BCUT2D eigenvalue weighted by Gasteiger charge is -2.23. The lowest BCUT2D eigenvalue weighted by Crippen LogP contribution is -2.37. The molecule has 1 aliphatic carbocycles. The highest BCUT2D eigenvalue weighted by molar-refractivity contribution is 7.09. The average molecular weight is 370 g/mol. The first-order valence-electron chi connectivity index (χ1n) is 9.05. The van der Waals surface area contributed by atoms with Crippen LogP contribution >= 0.6 is 11.3 Å². The molecule has 0 bridgehead atoms. The number of hydrogen-bond acceptors (Lipinski definition) is 4. The highest BCUT2D eigenvalue weighted by Gasteiger charge is 2.55. The summed E-state index contributed by atoms with van der Waals surface area (Å²) in [5.41, 5.74) is 1.28. The van der Waals surface area contributed by atoms with Crippen LogP contribution in [0.1, 0.15) is 35.5 Å². The Labute approximate surface area is 156 Å². The van der Waals surface area contributed by atoms with Crippen LogP contribution in [-0.2, 0) is 22.4 Å². The summed E-state index contributed by atoms with van der Waals surface area (Å²) in [6, 6.07) is 10.2. The average Bonchev–Trinajstić information content (AvgIpc) is 3.30. The lowest BCUT2D eigenvalue weighted by molar-refractivity contribution is -0.149. The predicted octanol–water partition coefficient (Wildman–Crippen LogP) is 2.99. The number of hydrogen-bond donors (Lipinski definition) is 1. The number of fused-ring (bicyclic) bond motifs is 1. The molecule has 1 saturated carbocycles. The van der Waals surface area contributed by atoms with E-state index >= 15 is 0 Å². The van der Waals surface area contributed by atoms with E-state index in [0.717, 1.165) is 30.0 Å². The Morgan fingerprint density at radius 1 is 1.31 bits per heavy atom. The molecule has 0 spiro atoms. The molecule has 2 aromatic rings. The van der Waals surface area contributed by atoms with E-state index in [9.17, 15) is 14.7 Å². The van der Waals surface area contributed by atoms with Crippen LogP contribution in [0.5, 0.6) is 0 Å². The van der Waals surface area contributed by atoms with Crippen molar-refractivity contribution in [2.45, 2.75) is 32.1 Å². The Balaban J connectivity index is 1.39. The molecular formula is C20H22N2O3S. The third-order valence-electron chi connectivity index (χ3n) is 5.78. The maximum Gasteiger partial charge on any atom is 0.311 e. The number of aromatic nitrogens is 1. The summed E-state index contributed by atoms with van der Waals surface area (Å²) >= 11 is 1.57. The molecule has 26 heavy (non-hydrogen) atoms. The van der Waals surface area contributed by atoms with Crippen LogP contribution in [0, 0.1) is 11.3 Å². The SMILES string of the molecule is O=C(Cc1csc(Cc2ccccc2)n1)N1C[C@@H]2CCC[C@@]2(C(=O)O)C1. The number of carboxylic acid groups (broad SMARTS) is 1. The van der Waals surface area contributed by atoms with Crippen LogP contribution in [-0.4, -0.2) is 40.0 Å². The van der Waals surface area contributed by atoms with Gasteiger partial charge in [0.1, 0.15) is 0 Å². The Kier molecular flexibility index (Phi) is 4.53. The van der Waals surface area contributed by atoms with Gasteiger partial charge >= 0.3 is 5.97 Å². The summed E-state index contributed by atoms with van der Waals surface area (Å²) in [5.74, 6) is -0.640. The second kappa shape index (κ2) is 6.83. The fourth-order valence-electron chi connectivity index (χ4n) is 4.38. The molecule has 4 rings (SSSR count). The number of carbonyl (C=O) groups excluding carboxylic acids is 1. The van der Waals surface area contributed by atoms with Crippen LogP contribution in [0.15, 0.2) is 35.7 Å². The first-order chi connectivity index (χ1) is 12.6. The number of amides is 1. The van der Waals surface area contributed by atoms with E-state index < -0.39 is 11.4 Å². The predicted molar refractivity (Wildman–Crippen MR) is 99.1 cm³/mol. The van der Waals surface area contributed by atoms with E-state index in [1.807, 2.05) is 23.6 Å². The van der Waals surface area contributed by atoms with E-state index in [0.29, 0.717) is 19.5 Å². The van der Waals surface area contributed by atoms with Crippen molar-refractivity contribution >= 4 is 23.2 Å². The van der Waals surface area contributed by atoms with Crippen molar-refractivity contribution in [3.05, 3.63) is 52.0 Å². The number of carboxylic acids is 1. The van der Waals surface area contributed by atoms with Crippen LogP contribution in [0.25, 0.3) is 0 Å².